The summed E-state index contributed by atoms with van der Waals surface area (Å²) in [5.74, 6) is 1.24. The minimum atomic E-state index is -0.309. The van der Waals surface area contributed by atoms with Crippen LogP contribution in [-0.4, -0.2) is 98.9 Å². The average Bonchev–Trinajstić information content (AvgIpc) is 3.84. The summed E-state index contributed by atoms with van der Waals surface area (Å²) in [5, 5.41) is 19.1. The molecule has 15 heteroatoms. The Kier molecular flexibility index (Phi) is 9.21. The highest BCUT2D eigenvalue weighted by atomic mass is 16.4. The molecule has 266 valence electrons. The Morgan fingerprint density at radius 1 is 0.942 bits per heavy atom. The average molecular weight is 701 g/mol. The number of piperazine rings is 1. The number of aromatic nitrogens is 6. The van der Waals surface area contributed by atoms with Gasteiger partial charge in [0.2, 0.25) is 17.5 Å². The lowest BCUT2D eigenvalue weighted by Crippen LogP contribution is -2.49. The number of piperidine rings is 2. The Hall–Kier alpha value is -5.88. The highest BCUT2D eigenvalue weighted by Gasteiger charge is 2.30. The Morgan fingerprint density at radius 2 is 1.79 bits per heavy atom. The summed E-state index contributed by atoms with van der Waals surface area (Å²) >= 11 is 0. The number of nitrogens with one attached hydrogen (secondary N) is 2. The predicted octanol–water partition coefficient (Wildman–Crippen LogP) is 4.38. The van der Waals surface area contributed by atoms with Gasteiger partial charge in [-0.3, -0.25) is 24.8 Å². The molecule has 3 saturated heterocycles. The van der Waals surface area contributed by atoms with Gasteiger partial charge in [0.15, 0.2) is 0 Å². The largest absolute Gasteiger partial charge is 0.403 e. The van der Waals surface area contributed by atoms with Gasteiger partial charge in [-0.2, -0.15) is 5.10 Å². The number of hydrogen-bond donors (Lipinski definition) is 2. The minimum Gasteiger partial charge on any atom is -0.403 e. The van der Waals surface area contributed by atoms with Crippen molar-refractivity contribution in [3.63, 3.8) is 0 Å². The summed E-state index contributed by atoms with van der Waals surface area (Å²) in [6, 6.07) is 12.2. The number of fused-ring (bicyclic) bond motifs is 1. The lowest BCUT2D eigenvalue weighted by molar-refractivity contribution is -0.134. The SMILES string of the molecule is [C-]#[N+]c1cnn2c(-c3cc(NCC)c(-c4nnc(N5CCN(CC6CCN(c7ccc([C@@H]8CCC(=O)NC8=O)cn7)CC6)CC5)o4)cn3)ccc2c1. The summed E-state index contributed by atoms with van der Waals surface area (Å²) in [5.41, 5.74) is 5.32. The van der Waals surface area contributed by atoms with E-state index in [0.29, 0.717) is 42.9 Å². The van der Waals surface area contributed by atoms with Crippen LogP contribution in [0.2, 0.25) is 0 Å². The monoisotopic (exact) mass is 700 g/mol. The van der Waals surface area contributed by atoms with Crippen LogP contribution < -0.4 is 20.4 Å². The van der Waals surface area contributed by atoms with Gasteiger partial charge in [-0.25, -0.2) is 14.3 Å². The molecule has 0 aromatic carbocycles. The van der Waals surface area contributed by atoms with Gasteiger partial charge in [-0.1, -0.05) is 11.2 Å². The van der Waals surface area contributed by atoms with E-state index in [0.717, 1.165) is 98.2 Å². The lowest BCUT2D eigenvalue weighted by Gasteiger charge is -2.38. The first-order chi connectivity index (χ1) is 25.4. The van der Waals surface area contributed by atoms with Crippen LogP contribution in [0.1, 0.15) is 44.1 Å². The van der Waals surface area contributed by atoms with Crippen molar-refractivity contribution in [1.29, 1.82) is 0 Å². The van der Waals surface area contributed by atoms with Crippen LogP contribution in [-0.2, 0) is 9.59 Å². The standard InChI is InChI=1S/C37H40N12O3/c1-3-39-30-19-31(32-7-5-27-18-26(38-2)21-42-49(27)32)40-22-29(30)36-44-45-37(52-36)48-16-14-46(15-17-48)23-24-10-12-47(13-11-24)33-8-4-25(20-41-33)28-6-9-34(50)43-35(28)51/h4-5,7-8,18-22,24,28H,3,6,9-17,23H2,1H3,(H,39,40)(H,43,50,51)/t28-/m0/s1. The van der Waals surface area contributed by atoms with E-state index in [4.69, 9.17) is 16.0 Å². The molecule has 1 atom stereocenters. The Balaban J connectivity index is 0.843. The molecule has 0 saturated carbocycles. The maximum Gasteiger partial charge on any atom is 0.318 e. The smallest absolute Gasteiger partial charge is 0.318 e. The number of imide groups is 1. The molecule has 5 aromatic heterocycles. The molecule has 2 N–H and O–H groups in total. The molecule has 0 bridgehead atoms. The maximum absolute atomic E-state index is 12.3. The van der Waals surface area contributed by atoms with Crippen LogP contribution >= 0.6 is 0 Å². The third kappa shape index (κ3) is 6.76. The molecule has 3 fully saturated rings. The van der Waals surface area contributed by atoms with Crippen LogP contribution in [0.5, 0.6) is 0 Å². The molecule has 2 amide bonds. The highest BCUT2D eigenvalue weighted by Crippen LogP contribution is 2.33. The number of amides is 2. The van der Waals surface area contributed by atoms with E-state index in [1.165, 1.54) is 0 Å². The predicted molar refractivity (Wildman–Crippen MR) is 195 cm³/mol. The summed E-state index contributed by atoms with van der Waals surface area (Å²) in [6.07, 6.45) is 8.21. The number of carbonyl (C=O) groups is 2. The number of nitrogens with zero attached hydrogens (tertiary/aromatic N) is 10. The molecule has 3 aliphatic heterocycles. The van der Waals surface area contributed by atoms with E-state index < -0.39 is 0 Å². The van der Waals surface area contributed by atoms with Crippen molar-refractivity contribution < 1.29 is 14.0 Å². The van der Waals surface area contributed by atoms with Crippen molar-refractivity contribution in [3.8, 4) is 22.8 Å². The third-order valence-corrected chi connectivity index (χ3v) is 10.3. The molecule has 0 aliphatic carbocycles. The second-order valence-corrected chi connectivity index (χ2v) is 13.6. The van der Waals surface area contributed by atoms with E-state index >= 15 is 0 Å². The molecule has 8 heterocycles. The number of anilines is 3. The Bertz CT molecular complexity index is 2120. The van der Waals surface area contributed by atoms with Crippen LogP contribution in [0, 0.1) is 12.5 Å². The first-order valence-corrected chi connectivity index (χ1v) is 17.9. The maximum atomic E-state index is 12.3. The summed E-state index contributed by atoms with van der Waals surface area (Å²) in [6.45, 7) is 16.5. The van der Waals surface area contributed by atoms with E-state index in [9.17, 15) is 9.59 Å². The second-order valence-electron chi connectivity index (χ2n) is 13.6. The zero-order chi connectivity index (χ0) is 35.6. The Morgan fingerprint density at radius 3 is 2.54 bits per heavy atom. The number of rotatable bonds is 9. The fraction of sp³-hybridized carbons (Fsp3) is 0.405. The van der Waals surface area contributed by atoms with Crippen LogP contribution in [0.15, 0.2) is 59.4 Å². The van der Waals surface area contributed by atoms with Crippen molar-refractivity contribution in [1.82, 2.24) is 40.0 Å². The van der Waals surface area contributed by atoms with Crippen molar-refractivity contribution in [2.24, 2.45) is 5.92 Å². The summed E-state index contributed by atoms with van der Waals surface area (Å²) in [7, 11) is 0. The van der Waals surface area contributed by atoms with Gasteiger partial charge in [0.1, 0.15) is 5.82 Å². The molecular formula is C37H40N12O3. The van der Waals surface area contributed by atoms with E-state index in [1.807, 2.05) is 37.3 Å². The van der Waals surface area contributed by atoms with Crippen LogP contribution in [0.25, 0.3) is 33.2 Å². The van der Waals surface area contributed by atoms with Gasteiger partial charge in [0, 0.05) is 71.2 Å². The van der Waals surface area contributed by atoms with Crippen LogP contribution in [0.3, 0.4) is 0 Å². The lowest BCUT2D eigenvalue weighted by atomic mass is 9.91. The highest BCUT2D eigenvalue weighted by molar-refractivity contribution is 6.00. The van der Waals surface area contributed by atoms with Gasteiger partial charge in [-0.15, -0.1) is 5.10 Å². The van der Waals surface area contributed by atoms with Crippen molar-refractivity contribution in [2.75, 3.05) is 67.5 Å². The molecule has 0 radical (unpaired) electrons. The van der Waals surface area contributed by atoms with Crippen molar-refractivity contribution in [2.45, 2.75) is 38.5 Å². The topological polar surface area (TPSA) is 154 Å². The van der Waals surface area contributed by atoms with Gasteiger partial charge >= 0.3 is 6.01 Å². The van der Waals surface area contributed by atoms with Crippen molar-refractivity contribution >= 4 is 40.5 Å². The van der Waals surface area contributed by atoms with Gasteiger partial charge < -0.3 is 19.5 Å². The zero-order valence-electron chi connectivity index (χ0n) is 29.0. The minimum absolute atomic E-state index is 0.201. The first kappa shape index (κ1) is 33.3. The van der Waals surface area contributed by atoms with E-state index in [1.54, 1.807) is 29.2 Å². The van der Waals surface area contributed by atoms with Gasteiger partial charge in [0.05, 0.1) is 46.8 Å². The molecular weight excluding hydrogens is 660 g/mol. The summed E-state index contributed by atoms with van der Waals surface area (Å²) in [4.78, 5) is 43.7. The fourth-order valence-electron chi connectivity index (χ4n) is 7.43. The first-order valence-electron chi connectivity index (χ1n) is 17.9. The van der Waals surface area contributed by atoms with Gasteiger partial charge in [0.25, 0.3) is 5.89 Å². The Labute approximate surface area is 300 Å². The normalized spacial score (nSPS) is 18.8. The number of hydrogen-bond acceptors (Lipinski definition) is 12. The molecule has 0 spiro atoms. The summed E-state index contributed by atoms with van der Waals surface area (Å²) < 4.78 is 8.01. The zero-order valence-corrected chi connectivity index (χ0v) is 29.0. The van der Waals surface area contributed by atoms with Gasteiger partial charge in [-0.05, 0) is 68.0 Å². The van der Waals surface area contributed by atoms with Crippen molar-refractivity contribution in [3.05, 3.63) is 72.0 Å². The van der Waals surface area contributed by atoms with E-state index in [-0.39, 0.29) is 17.7 Å². The molecule has 0 unspecified atom stereocenters. The third-order valence-electron chi connectivity index (χ3n) is 10.3. The molecule has 52 heavy (non-hydrogen) atoms. The number of pyridine rings is 2. The molecule has 5 aromatic rings. The van der Waals surface area contributed by atoms with E-state index in [2.05, 4.69) is 50.5 Å². The quantitative estimate of drug-likeness (QED) is 0.166. The van der Waals surface area contributed by atoms with Crippen LogP contribution in [0.4, 0.5) is 23.2 Å². The molecule has 3 aliphatic rings. The molecule has 15 nitrogen and oxygen atoms in total. The fourth-order valence-corrected chi connectivity index (χ4v) is 7.43. The second kappa shape index (κ2) is 14.4. The number of carbonyl (C=O) groups excluding carboxylic acids is 2. The molecule has 8 rings (SSSR count).